The average Bonchev–Trinajstić information content (AvgIpc) is 3.33. The van der Waals surface area contributed by atoms with E-state index in [9.17, 15) is 4.79 Å². The lowest BCUT2D eigenvalue weighted by molar-refractivity contribution is -0.115. The molecule has 1 saturated carbocycles. The highest BCUT2D eigenvalue weighted by molar-refractivity contribution is 5.95. The van der Waals surface area contributed by atoms with E-state index >= 15 is 0 Å². The molecule has 0 unspecified atom stereocenters. The van der Waals surface area contributed by atoms with Gasteiger partial charge in [-0.2, -0.15) is 0 Å². The summed E-state index contributed by atoms with van der Waals surface area (Å²) in [6.07, 6.45) is 2.09. The van der Waals surface area contributed by atoms with Gasteiger partial charge < -0.3 is 19.7 Å². The van der Waals surface area contributed by atoms with Gasteiger partial charge in [-0.3, -0.25) is 4.79 Å². The van der Waals surface area contributed by atoms with Gasteiger partial charge in [0.25, 0.3) is 0 Å². The maximum atomic E-state index is 12.7. The molecule has 2 aromatic carbocycles. The second kappa shape index (κ2) is 5.99. The van der Waals surface area contributed by atoms with Gasteiger partial charge in [-0.1, -0.05) is 18.2 Å². The predicted molar refractivity (Wildman–Crippen MR) is 97.6 cm³/mol. The van der Waals surface area contributed by atoms with Crippen LogP contribution in [0.25, 0.3) is 0 Å². The van der Waals surface area contributed by atoms with Gasteiger partial charge in [0.05, 0.1) is 31.6 Å². The van der Waals surface area contributed by atoms with Crippen LogP contribution in [0.1, 0.15) is 18.4 Å². The van der Waals surface area contributed by atoms with Crippen LogP contribution in [0.3, 0.4) is 0 Å². The zero-order valence-electron chi connectivity index (χ0n) is 14.5. The van der Waals surface area contributed by atoms with Gasteiger partial charge in [0.1, 0.15) is 17.1 Å². The molecule has 5 heteroatoms. The van der Waals surface area contributed by atoms with E-state index in [0.717, 1.165) is 36.4 Å². The molecule has 1 heterocycles. The minimum absolute atomic E-state index is 0.0589. The molecule has 1 aliphatic heterocycles. The Balaban J connectivity index is 1.52. The Hall–Kier alpha value is -2.69. The van der Waals surface area contributed by atoms with Crippen molar-refractivity contribution < 1.29 is 14.3 Å². The van der Waals surface area contributed by atoms with E-state index in [-0.39, 0.29) is 11.5 Å². The molecule has 4 rings (SSSR count). The molecule has 0 bridgehead atoms. The highest BCUT2D eigenvalue weighted by Gasteiger charge is 2.50. The van der Waals surface area contributed by atoms with E-state index in [2.05, 4.69) is 10.2 Å². The smallest absolute Gasteiger partial charge is 0.243 e. The minimum atomic E-state index is -0.102. The number of fused-ring (bicyclic) bond motifs is 1. The Kier molecular flexibility index (Phi) is 3.79. The van der Waals surface area contributed by atoms with Crippen LogP contribution in [-0.2, 0) is 4.79 Å². The number of para-hydroxylation sites is 2. The highest BCUT2D eigenvalue weighted by atomic mass is 16.5. The van der Waals surface area contributed by atoms with Crippen molar-refractivity contribution in [2.45, 2.75) is 25.4 Å². The summed E-state index contributed by atoms with van der Waals surface area (Å²) in [6, 6.07) is 13.7. The number of amides is 1. The number of ether oxygens (including phenoxy) is 2. The Labute approximate surface area is 147 Å². The van der Waals surface area contributed by atoms with E-state index < -0.39 is 0 Å². The standard InChI is InChI=1S/C20H22N2O3/c1-14-7-8-17(24-2)15(11-14)21-19(23)12-22-13-20(9-10-20)25-18-6-4-3-5-16(18)22/h3-8,11H,9-10,12-13H2,1-2H3,(H,21,23). The minimum Gasteiger partial charge on any atom is -0.495 e. The number of anilines is 2. The summed E-state index contributed by atoms with van der Waals surface area (Å²) in [5.74, 6) is 1.48. The number of nitrogens with one attached hydrogen (secondary N) is 1. The lowest BCUT2D eigenvalue weighted by Crippen LogP contribution is -2.45. The van der Waals surface area contributed by atoms with E-state index in [1.54, 1.807) is 7.11 Å². The maximum absolute atomic E-state index is 12.7. The second-order valence-electron chi connectivity index (χ2n) is 6.86. The molecule has 1 N–H and O–H groups in total. The second-order valence-corrected chi connectivity index (χ2v) is 6.86. The predicted octanol–water partition coefficient (Wildman–Crippen LogP) is 3.37. The Morgan fingerprint density at radius 3 is 2.84 bits per heavy atom. The van der Waals surface area contributed by atoms with Crippen molar-refractivity contribution in [3.8, 4) is 11.5 Å². The van der Waals surface area contributed by atoms with Crippen LogP contribution in [0.5, 0.6) is 11.5 Å². The highest BCUT2D eigenvalue weighted by Crippen LogP contribution is 2.48. The van der Waals surface area contributed by atoms with Crippen molar-refractivity contribution in [2.24, 2.45) is 0 Å². The zero-order chi connectivity index (χ0) is 17.4. The van der Waals surface area contributed by atoms with E-state index in [0.29, 0.717) is 18.0 Å². The molecule has 2 aromatic rings. The summed E-state index contributed by atoms with van der Waals surface area (Å²) in [6.45, 7) is 3.03. The Morgan fingerprint density at radius 1 is 1.28 bits per heavy atom. The number of benzene rings is 2. The van der Waals surface area contributed by atoms with Crippen molar-refractivity contribution in [3.05, 3.63) is 48.0 Å². The van der Waals surface area contributed by atoms with Crippen molar-refractivity contribution in [1.82, 2.24) is 0 Å². The molecule has 0 saturated heterocycles. The number of hydrogen-bond acceptors (Lipinski definition) is 4. The van der Waals surface area contributed by atoms with Crippen LogP contribution in [0.4, 0.5) is 11.4 Å². The van der Waals surface area contributed by atoms with E-state index in [1.165, 1.54) is 0 Å². The fraction of sp³-hybridized carbons (Fsp3) is 0.350. The molecule has 5 nitrogen and oxygen atoms in total. The topological polar surface area (TPSA) is 50.8 Å². The summed E-state index contributed by atoms with van der Waals surface area (Å²) in [5, 5.41) is 2.98. The van der Waals surface area contributed by atoms with Gasteiger partial charge in [0, 0.05) is 0 Å². The normalized spacial score (nSPS) is 16.8. The fourth-order valence-electron chi connectivity index (χ4n) is 3.33. The molecule has 1 aliphatic carbocycles. The first kappa shape index (κ1) is 15.8. The Morgan fingerprint density at radius 2 is 2.08 bits per heavy atom. The third kappa shape index (κ3) is 3.14. The number of rotatable bonds is 4. The lowest BCUT2D eigenvalue weighted by atomic mass is 10.1. The van der Waals surface area contributed by atoms with Crippen molar-refractivity contribution in [2.75, 3.05) is 30.4 Å². The number of hydrogen-bond donors (Lipinski definition) is 1. The molecular formula is C20H22N2O3. The van der Waals surface area contributed by atoms with Gasteiger partial charge in [0.15, 0.2) is 0 Å². The number of carbonyl (C=O) groups is 1. The first-order valence-corrected chi connectivity index (χ1v) is 8.56. The van der Waals surface area contributed by atoms with Crippen LogP contribution in [0.15, 0.2) is 42.5 Å². The van der Waals surface area contributed by atoms with Gasteiger partial charge in [0.2, 0.25) is 5.91 Å². The largest absolute Gasteiger partial charge is 0.495 e. The van der Waals surface area contributed by atoms with Crippen LogP contribution in [0, 0.1) is 6.92 Å². The molecule has 0 atom stereocenters. The number of aryl methyl sites for hydroxylation is 1. The first-order chi connectivity index (χ1) is 12.1. The quantitative estimate of drug-likeness (QED) is 0.929. The summed E-state index contributed by atoms with van der Waals surface area (Å²) in [7, 11) is 1.61. The summed E-state index contributed by atoms with van der Waals surface area (Å²) < 4.78 is 11.5. The van der Waals surface area contributed by atoms with Crippen LogP contribution in [-0.4, -0.2) is 31.7 Å². The number of carbonyl (C=O) groups excluding carboxylic acids is 1. The molecular weight excluding hydrogens is 316 g/mol. The summed E-state index contributed by atoms with van der Waals surface area (Å²) >= 11 is 0. The van der Waals surface area contributed by atoms with Crippen LogP contribution >= 0.6 is 0 Å². The van der Waals surface area contributed by atoms with Gasteiger partial charge in [-0.05, 0) is 49.6 Å². The molecule has 1 spiro atoms. The van der Waals surface area contributed by atoms with Gasteiger partial charge in [-0.25, -0.2) is 0 Å². The van der Waals surface area contributed by atoms with Crippen molar-refractivity contribution >= 4 is 17.3 Å². The average molecular weight is 338 g/mol. The SMILES string of the molecule is COc1ccc(C)cc1NC(=O)CN1CC2(CC2)Oc2ccccc21. The Bertz CT molecular complexity index is 814. The number of methoxy groups -OCH3 is 1. The van der Waals surface area contributed by atoms with Crippen LogP contribution < -0.4 is 19.7 Å². The van der Waals surface area contributed by atoms with Crippen molar-refractivity contribution in [3.63, 3.8) is 0 Å². The summed E-state index contributed by atoms with van der Waals surface area (Å²) in [5.41, 5.74) is 2.65. The molecule has 1 amide bonds. The third-order valence-corrected chi connectivity index (χ3v) is 4.78. The first-order valence-electron chi connectivity index (χ1n) is 8.56. The monoisotopic (exact) mass is 338 g/mol. The molecule has 0 radical (unpaired) electrons. The van der Waals surface area contributed by atoms with E-state index in [4.69, 9.17) is 9.47 Å². The van der Waals surface area contributed by atoms with Crippen molar-refractivity contribution in [1.29, 1.82) is 0 Å². The fourth-order valence-corrected chi connectivity index (χ4v) is 3.33. The molecule has 0 aromatic heterocycles. The molecule has 2 aliphatic rings. The summed E-state index contributed by atoms with van der Waals surface area (Å²) in [4.78, 5) is 14.8. The molecule has 130 valence electrons. The maximum Gasteiger partial charge on any atom is 0.243 e. The number of nitrogens with zero attached hydrogens (tertiary/aromatic N) is 1. The lowest BCUT2D eigenvalue weighted by Gasteiger charge is -2.36. The van der Waals surface area contributed by atoms with E-state index in [1.807, 2.05) is 49.4 Å². The van der Waals surface area contributed by atoms with Crippen LogP contribution in [0.2, 0.25) is 0 Å². The van der Waals surface area contributed by atoms with Gasteiger partial charge >= 0.3 is 0 Å². The van der Waals surface area contributed by atoms with Gasteiger partial charge in [-0.15, -0.1) is 0 Å². The molecule has 1 fully saturated rings. The zero-order valence-corrected chi connectivity index (χ0v) is 14.5. The molecule has 25 heavy (non-hydrogen) atoms. The third-order valence-electron chi connectivity index (χ3n) is 4.78.